The number of halogens is 11. The molecule has 3 heterocycles. The van der Waals surface area contributed by atoms with E-state index in [1.807, 2.05) is 0 Å². The zero-order valence-corrected chi connectivity index (χ0v) is 40.3. The van der Waals surface area contributed by atoms with Crippen LogP contribution in [0.25, 0.3) is 22.0 Å². The number of fused-ring (bicyclic) bond motifs is 4. The molecule has 28 heteroatoms. The molecule has 2 aromatic carbocycles. The number of nitrogens with one attached hydrogen (secondary N) is 1. The number of sulfone groups is 1. The van der Waals surface area contributed by atoms with Crippen molar-refractivity contribution in [2.75, 3.05) is 30.0 Å². The van der Waals surface area contributed by atoms with E-state index in [-0.39, 0.29) is 61.1 Å². The predicted molar refractivity (Wildman–Crippen MR) is 236 cm³/mol. The fourth-order valence-electron chi connectivity index (χ4n) is 8.90. The van der Waals surface area contributed by atoms with Gasteiger partial charge >= 0.3 is 18.4 Å². The first kappa shape index (κ1) is 53.3. The van der Waals surface area contributed by atoms with Gasteiger partial charge < -0.3 is 15.8 Å². The number of amides is 2. The van der Waals surface area contributed by atoms with E-state index in [1.54, 1.807) is 0 Å². The van der Waals surface area contributed by atoms with Crippen LogP contribution in [0.4, 0.5) is 54.5 Å². The van der Waals surface area contributed by atoms with Crippen molar-refractivity contribution in [2.24, 2.45) is 17.6 Å². The first-order valence-electron chi connectivity index (χ1n) is 21.3. The summed E-state index contributed by atoms with van der Waals surface area (Å²) in [5, 5.41) is 8.73. The monoisotopic (exact) mass is 1070 g/mol. The highest BCUT2D eigenvalue weighted by Crippen LogP contribution is 2.71. The van der Waals surface area contributed by atoms with E-state index in [1.165, 1.54) is 32.9 Å². The summed E-state index contributed by atoms with van der Waals surface area (Å²) in [6.07, 6.45) is -11.4. The van der Waals surface area contributed by atoms with Gasteiger partial charge in [-0.25, -0.2) is 30.4 Å². The van der Waals surface area contributed by atoms with Gasteiger partial charge in [0.2, 0.25) is 15.9 Å². The van der Waals surface area contributed by atoms with Crippen molar-refractivity contribution in [1.29, 1.82) is 0 Å². The molecule has 386 valence electrons. The fraction of sp³-hybridized carbons (Fsp3) is 0.465. The first-order valence-corrected chi connectivity index (χ1v) is 25.4. The lowest BCUT2D eigenvalue weighted by Gasteiger charge is -2.25. The van der Waals surface area contributed by atoms with Crippen LogP contribution in [0.15, 0.2) is 42.5 Å². The van der Waals surface area contributed by atoms with Gasteiger partial charge in [-0.05, 0) is 68.9 Å². The summed E-state index contributed by atoms with van der Waals surface area (Å²) in [5.74, 6) is -11.9. The van der Waals surface area contributed by atoms with Crippen molar-refractivity contribution in [2.45, 2.75) is 88.1 Å². The Morgan fingerprint density at radius 1 is 0.958 bits per heavy atom. The number of nitrogens with zero attached hydrogens (tertiary/aromatic N) is 6. The van der Waals surface area contributed by atoms with Crippen molar-refractivity contribution in [3.63, 3.8) is 0 Å². The van der Waals surface area contributed by atoms with Gasteiger partial charge in [0.05, 0.1) is 38.7 Å². The zero-order valence-electron chi connectivity index (χ0n) is 37.9. The van der Waals surface area contributed by atoms with E-state index >= 15 is 8.78 Å². The van der Waals surface area contributed by atoms with Gasteiger partial charge in [-0.3, -0.25) is 19.1 Å². The molecule has 5 aromatic rings. The number of sulfonamides is 1. The van der Waals surface area contributed by atoms with Crippen LogP contribution in [0.1, 0.15) is 73.1 Å². The molecule has 0 radical (unpaired) electrons. The Balaban J connectivity index is 1.46. The van der Waals surface area contributed by atoms with Crippen molar-refractivity contribution in [3.05, 3.63) is 93.0 Å². The lowest BCUT2D eigenvalue weighted by Crippen LogP contribution is -2.38. The van der Waals surface area contributed by atoms with Crippen molar-refractivity contribution in [3.8, 4) is 11.1 Å². The standard InChI is InChI=1S/C43H43ClF10N8O7S2/c1-20-30-32-36(43(52,53)54)58-60(37(32)42(50,51)33(20)30)18-29(63)57-28(16-21-14-22(45)17-23(46)15-21)34-25(7-6-24(56-34)10-11-40(2,3)70(4,65)66)26-8-9-27(44)31-35(26)61(19-41(47,48)49)59-38(31)62(71(5,67)68)39(64)69-13-12-55/h6-9,14-15,17,20,28,30,33H,10-13,16,18-19,55H2,1-5H3,(H,57,63)/t20-,28+,30?,33-/m1/s1. The Labute approximate surface area is 403 Å². The third kappa shape index (κ3) is 10.5. The van der Waals surface area contributed by atoms with Crippen LogP contribution >= 0.6 is 11.6 Å². The van der Waals surface area contributed by atoms with E-state index in [9.17, 15) is 61.5 Å². The third-order valence-electron chi connectivity index (χ3n) is 12.5. The second kappa shape index (κ2) is 18.5. The summed E-state index contributed by atoms with van der Waals surface area (Å²) in [4.78, 5) is 32.2. The number of hydrogen-bond acceptors (Lipinski definition) is 11. The Hall–Kier alpha value is -5.54. The molecule has 3 aromatic heterocycles. The van der Waals surface area contributed by atoms with Gasteiger partial charge in [0, 0.05) is 53.1 Å². The molecule has 2 aliphatic rings. The number of anilines is 1. The van der Waals surface area contributed by atoms with E-state index in [0.717, 1.165) is 30.5 Å². The Morgan fingerprint density at radius 3 is 2.17 bits per heavy atom. The maximum absolute atomic E-state index is 15.8. The number of ether oxygens (including phenoxy) is 1. The Kier molecular flexibility index (Phi) is 13.9. The summed E-state index contributed by atoms with van der Waals surface area (Å²) in [6, 6.07) is 5.21. The molecule has 7 rings (SSSR count). The maximum atomic E-state index is 15.8. The molecule has 15 nitrogen and oxygen atoms in total. The number of carbonyl (C=O) groups is 2. The summed E-state index contributed by atoms with van der Waals surface area (Å²) in [5.41, 5.74) is 0.183. The van der Waals surface area contributed by atoms with Gasteiger partial charge in [0.15, 0.2) is 21.3 Å². The number of nitrogens with two attached hydrogens (primary N) is 1. The highest BCUT2D eigenvalue weighted by molar-refractivity contribution is 7.92. The van der Waals surface area contributed by atoms with Crippen molar-refractivity contribution >= 4 is 60.2 Å². The molecule has 4 atom stereocenters. The van der Waals surface area contributed by atoms with Crippen LogP contribution in [0.3, 0.4) is 0 Å². The maximum Gasteiger partial charge on any atom is 0.435 e. The second-order valence-electron chi connectivity index (χ2n) is 18.0. The molecule has 2 amide bonds. The minimum absolute atomic E-state index is 0.0509. The Morgan fingerprint density at radius 2 is 1.59 bits per heavy atom. The molecule has 0 spiro atoms. The summed E-state index contributed by atoms with van der Waals surface area (Å²) < 4.78 is 203. The molecule has 2 aliphatic carbocycles. The molecule has 0 aliphatic heterocycles. The van der Waals surface area contributed by atoms with Crippen LogP contribution in [-0.4, -0.2) is 90.0 Å². The highest BCUT2D eigenvalue weighted by Gasteiger charge is 2.72. The molecule has 1 saturated carbocycles. The van der Waals surface area contributed by atoms with Crippen LogP contribution in [0.5, 0.6) is 0 Å². The zero-order chi connectivity index (χ0) is 52.7. The van der Waals surface area contributed by atoms with Crippen molar-refractivity contribution < 1.29 is 75.1 Å². The largest absolute Gasteiger partial charge is 0.447 e. The summed E-state index contributed by atoms with van der Waals surface area (Å²) >= 11 is 6.60. The molecule has 1 fully saturated rings. The number of aromatic nitrogens is 5. The number of pyridine rings is 1. The number of rotatable bonds is 16. The van der Waals surface area contributed by atoms with E-state index in [2.05, 4.69) is 20.5 Å². The fourth-order valence-corrected chi connectivity index (χ4v) is 10.4. The van der Waals surface area contributed by atoms with Crippen LogP contribution in [-0.2, 0) is 67.4 Å². The number of benzene rings is 2. The molecule has 0 bridgehead atoms. The molecule has 1 unspecified atom stereocenters. The first-order chi connectivity index (χ1) is 32.7. The quantitative estimate of drug-likeness (QED) is 0.0908. The highest BCUT2D eigenvalue weighted by atomic mass is 35.5. The van der Waals surface area contributed by atoms with Gasteiger partial charge in [-0.15, -0.1) is 0 Å². The van der Waals surface area contributed by atoms with E-state index < -0.39 is 155 Å². The van der Waals surface area contributed by atoms with Gasteiger partial charge in [-0.1, -0.05) is 30.7 Å². The van der Waals surface area contributed by atoms with Gasteiger partial charge in [-0.2, -0.15) is 49.6 Å². The normalized spacial score (nSPS) is 18.3. The molecule has 3 N–H and O–H groups in total. The molecule has 71 heavy (non-hydrogen) atoms. The summed E-state index contributed by atoms with van der Waals surface area (Å²) in [6.45, 7) is 0.0710. The molecular weight excluding hydrogens is 1030 g/mol. The summed E-state index contributed by atoms with van der Waals surface area (Å²) in [7, 11) is -8.53. The Bertz CT molecular complexity index is 3160. The third-order valence-corrected chi connectivity index (χ3v) is 16.0. The second-order valence-corrected chi connectivity index (χ2v) is 22.9. The topological polar surface area (TPSA) is 201 Å². The van der Waals surface area contributed by atoms with Gasteiger partial charge in [0.1, 0.15) is 37.0 Å². The van der Waals surface area contributed by atoms with Crippen LogP contribution < -0.4 is 15.4 Å². The minimum Gasteiger partial charge on any atom is -0.447 e. The van der Waals surface area contributed by atoms with Crippen molar-refractivity contribution in [1.82, 2.24) is 29.9 Å². The number of alkyl halides is 8. The SMILES string of the molecule is C[C@@H]1C2c3c(C(F)(F)F)nn(CC(=O)N[C@@H](Cc4cc(F)cc(F)c4)c4nc(CCC(C)(C)S(C)(=O)=O)ccc4-c4ccc(Cl)c5c(N(C(=O)OCCN)S(C)(=O)=O)nn(CC(F)(F)F)c45)c3C(F)(F)[C@@H]21. The molecular formula is C43H43ClF10N8O7S2. The van der Waals surface area contributed by atoms with Gasteiger partial charge in [0.25, 0.3) is 5.92 Å². The number of aryl methyl sites for hydroxylation is 1. The van der Waals surface area contributed by atoms with Crippen LogP contribution in [0.2, 0.25) is 5.02 Å². The average molecular weight is 1070 g/mol. The lowest BCUT2D eigenvalue weighted by atomic mass is 9.93. The lowest BCUT2D eigenvalue weighted by molar-refractivity contribution is -0.143. The van der Waals surface area contributed by atoms with Crippen LogP contribution in [0, 0.1) is 23.5 Å². The van der Waals surface area contributed by atoms with E-state index in [4.69, 9.17) is 22.1 Å². The smallest absolute Gasteiger partial charge is 0.435 e. The number of carbonyl (C=O) groups excluding carboxylic acids is 2. The number of hydrogen-bond donors (Lipinski definition) is 2. The van der Waals surface area contributed by atoms with E-state index in [0.29, 0.717) is 12.3 Å². The average Bonchev–Trinajstić information content (AvgIpc) is 3.44. The molecule has 0 saturated heterocycles. The minimum atomic E-state index is -5.22. The predicted octanol–water partition coefficient (Wildman–Crippen LogP) is 7.98.